The van der Waals surface area contributed by atoms with Gasteiger partial charge in [0.05, 0.1) is 0 Å². The molecule has 5 nitrogen and oxygen atoms in total. The molecule has 1 rings (SSSR count). The molecule has 0 aliphatic rings. The van der Waals surface area contributed by atoms with Crippen LogP contribution in [0.3, 0.4) is 0 Å². The molecule has 1 amide bonds. The second-order valence-electron chi connectivity index (χ2n) is 2.21. The van der Waals surface area contributed by atoms with Gasteiger partial charge < -0.3 is 5.73 Å². The van der Waals surface area contributed by atoms with Crippen molar-refractivity contribution in [1.82, 2.24) is 10.3 Å². The largest absolute Gasteiger partial charge is 0.364 e. The Morgan fingerprint density at radius 2 is 2.17 bits per heavy atom. The predicted molar refractivity (Wildman–Crippen MR) is 32.4 cm³/mol. The van der Waals surface area contributed by atoms with Crippen LogP contribution in [-0.2, 0) is 5.92 Å². The molecular formula is C5H5F2N3O2. The molecule has 0 saturated carbocycles. The van der Waals surface area contributed by atoms with Crippen LogP contribution in [0.15, 0.2) is 4.63 Å². The number of rotatable bonds is 2. The highest BCUT2D eigenvalue weighted by molar-refractivity contribution is 5.91. The number of hydrogen-bond acceptors (Lipinski definition) is 4. The lowest BCUT2D eigenvalue weighted by molar-refractivity contribution is 0.00868. The van der Waals surface area contributed by atoms with Crippen LogP contribution in [0.4, 0.5) is 8.78 Å². The maximum Gasteiger partial charge on any atom is 0.292 e. The Kier molecular flexibility index (Phi) is 1.79. The van der Waals surface area contributed by atoms with Crippen LogP contribution < -0.4 is 5.73 Å². The van der Waals surface area contributed by atoms with E-state index in [9.17, 15) is 13.6 Å². The Labute approximate surface area is 65.5 Å². The van der Waals surface area contributed by atoms with Gasteiger partial charge in [0, 0.05) is 6.92 Å². The lowest BCUT2D eigenvalue weighted by Crippen LogP contribution is -2.19. The fourth-order valence-corrected chi connectivity index (χ4v) is 0.638. The number of alkyl halides is 2. The molecule has 0 bridgehead atoms. The molecule has 7 heteroatoms. The molecule has 0 aliphatic heterocycles. The van der Waals surface area contributed by atoms with Crippen molar-refractivity contribution in [3.63, 3.8) is 0 Å². The average molecular weight is 177 g/mol. The second kappa shape index (κ2) is 2.50. The van der Waals surface area contributed by atoms with E-state index < -0.39 is 23.2 Å². The second-order valence-corrected chi connectivity index (χ2v) is 2.21. The molecule has 0 saturated heterocycles. The number of amides is 1. The predicted octanol–water partition coefficient (Wildman–Crippen LogP) is 0.280. The first-order chi connectivity index (χ1) is 5.43. The highest BCUT2D eigenvalue weighted by Crippen LogP contribution is 2.26. The Bertz CT molecular complexity index is 304. The van der Waals surface area contributed by atoms with Crippen molar-refractivity contribution in [3.05, 3.63) is 11.4 Å². The van der Waals surface area contributed by atoms with Crippen LogP contribution in [0.2, 0.25) is 0 Å². The van der Waals surface area contributed by atoms with Gasteiger partial charge in [-0.05, 0) is 10.3 Å². The number of carbonyl (C=O) groups is 1. The number of aromatic nitrogens is 2. The van der Waals surface area contributed by atoms with Crippen LogP contribution in [-0.4, -0.2) is 16.2 Å². The molecule has 0 aliphatic carbocycles. The Morgan fingerprint density at radius 1 is 1.58 bits per heavy atom. The zero-order valence-electron chi connectivity index (χ0n) is 6.04. The maximum atomic E-state index is 12.5. The van der Waals surface area contributed by atoms with E-state index in [0.717, 1.165) is 0 Å². The molecule has 1 aromatic rings. The fourth-order valence-electron chi connectivity index (χ4n) is 0.638. The quantitative estimate of drug-likeness (QED) is 0.703. The summed E-state index contributed by atoms with van der Waals surface area (Å²) in [5.41, 5.74) is 3.25. The van der Waals surface area contributed by atoms with Crippen LogP contribution >= 0.6 is 0 Å². The van der Waals surface area contributed by atoms with Gasteiger partial charge in [-0.15, -0.1) is 0 Å². The van der Waals surface area contributed by atoms with Crippen molar-refractivity contribution in [2.45, 2.75) is 12.8 Å². The number of nitrogens with zero attached hydrogens (tertiary/aromatic N) is 2. The minimum absolute atomic E-state index is 0.568. The number of carbonyl (C=O) groups excluding carboxylic acids is 1. The van der Waals surface area contributed by atoms with E-state index in [1.807, 2.05) is 0 Å². The SMILES string of the molecule is CC(F)(F)c1nonc1C(N)=O. The third kappa shape index (κ3) is 1.39. The maximum absolute atomic E-state index is 12.5. The smallest absolute Gasteiger partial charge is 0.292 e. The van der Waals surface area contributed by atoms with Crippen molar-refractivity contribution in [3.8, 4) is 0 Å². The summed E-state index contributed by atoms with van der Waals surface area (Å²) < 4.78 is 29.0. The topological polar surface area (TPSA) is 82.0 Å². The zero-order valence-corrected chi connectivity index (χ0v) is 6.04. The number of nitrogens with two attached hydrogens (primary N) is 1. The first-order valence-electron chi connectivity index (χ1n) is 2.93. The number of primary amides is 1. The van der Waals surface area contributed by atoms with Crippen molar-refractivity contribution in [1.29, 1.82) is 0 Å². The number of halogens is 2. The summed E-state index contributed by atoms with van der Waals surface area (Å²) in [6, 6.07) is 0. The summed E-state index contributed by atoms with van der Waals surface area (Å²) in [6.45, 7) is 0.568. The fraction of sp³-hybridized carbons (Fsp3) is 0.400. The Hall–Kier alpha value is -1.53. The summed E-state index contributed by atoms with van der Waals surface area (Å²) in [4.78, 5) is 10.5. The standard InChI is InChI=1S/C5H5F2N3O2/c1-5(6,7)3-2(4(8)11)9-12-10-3/h1H3,(H2,8,11). The lowest BCUT2D eigenvalue weighted by atomic mass is 10.2. The molecule has 0 fully saturated rings. The van der Waals surface area contributed by atoms with Crippen LogP contribution in [0, 0.1) is 0 Å². The summed E-state index contributed by atoms with van der Waals surface area (Å²) in [5, 5.41) is 5.81. The van der Waals surface area contributed by atoms with Gasteiger partial charge in [0.2, 0.25) is 5.69 Å². The minimum atomic E-state index is -3.27. The van der Waals surface area contributed by atoms with Crippen molar-refractivity contribution in [2.75, 3.05) is 0 Å². The van der Waals surface area contributed by atoms with Crippen molar-refractivity contribution >= 4 is 5.91 Å². The highest BCUT2D eigenvalue weighted by Gasteiger charge is 2.35. The Morgan fingerprint density at radius 3 is 2.50 bits per heavy atom. The average Bonchev–Trinajstić information content (AvgIpc) is 2.30. The molecule has 1 heterocycles. The third-order valence-electron chi connectivity index (χ3n) is 1.14. The van der Waals surface area contributed by atoms with Crippen molar-refractivity contribution in [2.24, 2.45) is 5.73 Å². The molecule has 12 heavy (non-hydrogen) atoms. The van der Waals surface area contributed by atoms with E-state index in [2.05, 4.69) is 14.9 Å². The third-order valence-corrected chi connectivity index (χ3v) is 1.14. The van der Waals surface area contributed by atoms with Crippen LogP contribution in [0.5, 0.6) is 0 Å². The normalized spacial score (nSPS) is 11.6. The Balaban J connectivity index is 3.17. The van der Waals surface area contributed by atoms with Gasteiger partial charge in [0.15, 0.2) is 5.69 Å². The van der Waals surface area contributed by atoms with Gasteiger partial charge in [-0.3, -0.25) is 4.79 Å². The summed E-state index contributed by atoms with van der Waals surface area (Å²) in [7, 11) is 0. The van der Waals surface area contributed by atoms with E-state index in [-0.39, 0.29) is 0 Å². The van der Waals surface area contributed by atoms with E-state index in [0.29, 0.717) is 6.92 Å². The summed E-state index contributed by atoms with van der Waals surface area (Å²) in [6.07, 6.45) is 0. The lowest BCUT2D eigenvalue weighted by Gasteiger charge is -2.04. The molecule has 0 aromatic carbocycles. The number of hydrogen-bond donors (Lipinski definition) is 1. The van der Waals surface area contributed by atoms with Crippen LogP contribution in [0.1, 0.15) is 23.1 Å². The van der Waals surface area contributed by atoms with Crippen molar-refractivity contribution < 1.29 is 18.2 Å². The molecule has 0 unspecified atom stereocenters. The zero-order chi connectivity index (χ0) is 9.35. The highest BCUT2D eigenvalue weighted by atomic mass is 19.3. The molecule has 0 radical (unpaired) electrons. The van der Waals surface area contributed by atoms with Gasteiger partial charge >= 0.3 is 0 Å². The van der Waals surface area contributed by atoms with Gasteiger partial charge in [-0.2, -0.15) is 8.78 Å². The van der Waals surface area contributed by atoms with Gasteiger partial charge in [0.1, 0.15) is 0 Å². The van der Waals surface area contributed by atoms with Gasteiger partial charge in [-0.25, -0.2) is 4.63 Å². The van der Waals surface area contributed by atoms with Gasteiger partial charge in [0.25, 0.3) is 11.8 Å². The van der Waals surface area contributed by atoms with Crippen LogP contribution in [0.25, 0.3) is 0 Å². The molecule has 0 spiro atoms. The first kappa shape index (κ1) is 8.57. The van der Waals surface area contributed by atoms with Gasteiger partial charge in [-0.1, -0.05) is 0 Å². The molecular weight excluding hydrogens is 172 g/mol. The minimum Gasteiger partial charge on any atom is -0.364 e. The summed E-state index contributed by atoms with van der Waals surface area (Å²) in [5.74, 6) is -4.36. The first-order valence-corrected chi connectivity index (χ1v) is 2.93. The van der Waals surface area contributed by atoms with E-state index in [1.165, 1.54) is 0 Å². The molecule has 66 valence electrons. The van der Waals surface area contributed by atoms with E-state index >= 15 is 0 Å². The monoisotopic (exact) mass is 177 g/mol. The van der Waals surface area contributed by atoms with E-state index in [4.69, 9.17) is 5.73 Å². The molecule has 0 atom stereocenters. The molecule has 2 N–H and O–H groups in total. The molecule has 1 aromatic heterocycles. The van der Waals surface area contributed by atoms with E-state index in [1.54, 1.807) is 0 Å². The summed E-state index contributed by atoms with van der Waals surface area (Å²) >= 11 is 0.